The first kappa shape index (κ1) is 14.8. The van der Waals surface area contributed by atoms with Crippen molar-refractivity contribution >= 4 is 6.01 Å². The summed E-state index contributed by atoms with van der Waals surface area (Å²) in [4.78, 5) is 9.21. The first-order valence-electron chi connectivity index (χ1n) is 8.14. The Hall–Kier alpha value is -1.14. The number of hydrogen-bond donors (Lipinski definition) is 1. The third-order valence-corrected chi connectivity index (χ3v) is 4.73. The number of aliphatic hydroxyl groups is 1. The first-order valence-corrected chi connectivity index (χ1v) is 8.14. The summed E-state index contributed by atoms with van der Waals surface area (Å²) in [6.07, 6.45) is 4.63. The van der Waals surface area contributed by atoms with Crippen molar-refractivity contribution < 1.29 is 9.63 Å². The zero-order valence-corrected chi connectivity index (χ0v) is 13.0. The van der Waals surface area contributed by atoms with E-state index in [4.69, 9.17) is 4.52 Å². The van der Waals surface area contributed by atoms with Crippen LogP contribution in [-0.2, 0) is 0 Å². The summed E-state index contributed by atoms with van der Waals surface area (Å²) >= 11 is 0. The Kier molecular flexibility index (Phi) is 4.45. The molecule has 2 aliphatic heterocycles. The van der Waals surface area contributed by atoms with E-state index in [0.717, 1.165) is 38.3 Å². The molecule has 2 atom stereocenters. The van der Waals surface area contributed by atoms with Crippen LogP contribution in [0.25, 0.3) is 0 Å². The van der Waals surface area contributed by atoms with Crippen LogP contribution in [0.5, 0.6) is 0 Å². The summed E-state index contributed by atoms with van der Waals surface area (Å²) < 4.78 is 5.45. The Balaban J connectivity index is 1.67. The molecule has 0 saturated carbocycles. The van der Waals surface area contributed by atoms with Crippen LogP contribution in [0, 0.1) is 0 Å². The first-order chi connectivity index (χ1) is 10.2. The molecule has 0 bridgehead atoms. The lowest BCUT2D eigenvalue weighted by Crippen LogP contribution is -2.43. The van der Waals surface area contributed by atoms with Crippen molar-refractivity contribution in [3.05, 3.63) is 5.82 Å². The number of anilines is 1. The number of hydrogen-bond acceptors (Lipinski definition) is 6. The minimum atomic E-state index is 0.269. The Bertz CT molecular complexity index is 462. The third-order valence-electron chi connectivity index (χ3n) is 4.73. The van der Waals surface area contributed by atoms with Gasteiger partial charge in [-0.25, -0.2) is 0 Å². The van der Waals surface area contributed by atoms with Crippen LogP contribution >= 0.6 is 0 Å². The Labute approximate surface area is 126 Å². The van der Waals surface area contributed by atoms with Gasteiger partial charge in [-0.3, -0.25) is 4.90 Å². The molecule has 118 valence electrons. The van der Waals surface area contributed by atoms with Gasteiger partial charge in [0.25, 0.3) is 0 Å². The minimum Gasteiger partial charge on any atom is -0.395 e. The number of nitrogens with zero attached hydrogens (tertiary/aromatic N) is 4. The van der Waals surface area contributed by atoms with Crippen molar-refractivity contribution in [3.8, 4) is 0 Å². The molecular formula is C15H26N4O2. The topological polar surface area (TPSA) is 65.6 Å². The number of aromatic nitrogens is 2. The van der Waals surface area contributed by atoms with Crippen LogP contribution in [0.2, 0.25) is 0 Å². The number of rotatable bonds is 5. The number of likely N-dealkylation sites (tertiary alicyclic amines) is 1. The molecule has 3 rings (SSSR count). The maximum atomic E-state index is 9.46. The molecule has 0 spiro atoms. The van der Waals surface area contributed by atoms with Crippen LogP contribution < -0.4 is 4.90 Å². The molecule has 0 amide bonds. The maximum absolute atomic E-state index is 9.46. The summed E-state index contributed by atoms with van der Waals surface area (Å²) in [7, 11) is 0. The van der Waals surface area contributed by atoms with Crippen LogP contribution in [-0.4, -0.2) is 58.5 Å². The zero-order valence-electron chi connectivity index (χ0n) is 13.0. The molecule has 1 aromatic rings. The molecular weight excluding hydrogens is 268 g/mol. The van der Waals surface area contributed by atoms with Crippen LogP contribution in [0.4, 0.5) is 6.01 Å². The quantitative estimate of drug-likeness (QED) is 0.890. The SMILES string of the molecule is CC(C)c1noc(N2CCCC2CN2CCCC2CO)n1. The molecule has 0 aromatic carbocycles. The van der Waals surface area contributed by atoms with E-state index in [1.807, 2.05) is 0 Å². The summed E-state index contributed by atoms with van der Waals surface area (Å²) in [6, 6.07) is 1.43. The van der Waals surface area contributed by atoms with Crippen molar-refractivity contribution in [1.29, 1.82) is 0 Å². The van der Waals surface area contributed by atoms with Gasteiger partial charge in [0.15, 0.2) is 5.82 Å². The molecule has 3 heterocycles. The van der Waals surface area contributed by atoms with Crippen LogP contribution in [0.1, 0.15) is 51.3 Å². The van der Waals surface area contributed by atoms with Gasteiger partial charge in [0.2, 0.25) is 0 Å². The van der Waals surface area contributed by atoms with Gasteiger partial charge in [0, 0.05) is 31.1 Å². The number of aliphatic hydroxyl groups excluding tert-OH is 1. The van der Waals surface area contributed by atoms with Gasteiger partial charge in [-0.15, -0.1) is 0 Å². The lowest BCUT2D eigenvalue weighted by molar-refractivity contribution is 0.152. The second-order valence-electron chi connectivity index (χ2n) is 6.55. The zero-order chi connectivity index (χ0) is 14.8. The van der Waals surface area contributed by atoms with Gasteiger partial charge in [-0.1, -0.05) is 19.0 Å². The molecule has 1 N–H and O–H groups in total. The molecule has 21 heavy (non-hydrogen) atoms. The van der Waals surface area contributed by atoms with E-state index in [9.17, 15) is 5.11 Å². The average molecular weight is 294 g/mol. The summed E-state index contributed by atoms with van der Waals surface area (Å²) in [5, 5.41) is 13.5. The largest absolute Gasteiger partial charge is 0.395 e. The predicted octanol–water partition coefficient (Wildman–Crippen LogP) is 1.62. The lowest BCUT2D eigenvalue weighted by Gasteiger charge is -2.30. The molecule has 2 unspecified atom stereocenters. The summed E-state index contributed by atoms with van der Waals surface area (Å²) in [5.41, 5.74) is 0. The second kappa shape index (κ2) is 6.32. The van der Waals surface area contributed by atoms with E-state index < -0.39 is 0 Å². The third kappa shape index (κ3) is 3.06. The van der Waals surface area contributed by atoms with E-state index in [1.54, 1.807) is 0 Å². The highest BCUT2D eigenvalue weighted by Crippen LogP contribution is 2.28. The van der Waals surface area contributed by atoms with E-state index in [0.29, 0.717) is 24.0 Å². The highest BCUT2D eigenvalue weighted by Gasteiger charge is 2.33. The standard InChI is InChI=1S/C15H26N4O2/c1-11(2)14-16-15(21-17-14)19-8-4-5-12(19)9-18-7-3-6-13(18)10-20/h11-13,20H,3-10H2,1-2H3. The van der Waals surface area contributed by atoms with Gasteiger partial charge in [0.05, 0.1) is 6.61 Å². The molecule has 2 fully saturated rings. The molecule has 2 saturated heterocycles. The average Bonchev–Trinajstić information content (AvgIpc) is 3.18. The van der Waals surface area contributed by atoms with Gasteiger partial charge in [0.1, 0.15) is 0 Å². The van der Waals surface area contributed by atoms with Crippen LogP contribution in [0.3, 0.4) is 0 Å². The second-order valence-corrected chi connectivity index (χ2v) is 6.55. The van der Waals surface area contributed by atoms with Crippen molar-refractivity contribution in [1.82, 2.24) is 15.0 Å². The fourth-order valence-electron chi connectivity index (χ4n) is 3.47. The molecule has 6 nitrogen and oxygen atoms in total. The van der Waals surface area contributed by atoms with Gasteiger partial charge in [-0.05, 0) is 32.2 Å². The molecule has 0 aliphatic carbocycles. The Morgan fingerprint density at radius 3 is 2.71 bits per heavy atom. The Morgan fingerprint density at radius 2 is 2.00 bits per heavy atom. The summed E-state index contributed by atoms with van der Waals surface area (Å²) in [5.74, 6) is 1.07. The minimum absolute atomic E-state index is 0.269. The molecule has 2 aliphatic rings. The fraction of sp³-hybridized carbons (Fsp3) is 0.867. The molecule has 6 heteroatoms. The lowest BCUT2D eigenvalue weighted by atomic mass is 10.2. The smallest absolute Gasteiger partial charge is 0.324 e. The monoisotopic (exact) mass is 294 g/mol. The van der Waals surface area contributed by atoms with E-state index in [-0.39, 0.29) is 6.61 Å². The van der Waals surface area contributed by atoms with E-state index in [1.165, 1.54) is 12.8 Å². The normalized spacial score (nSPS) is 27.1. The van der Waals surface area contributed by atoms with E-state index in [2.05, 4.69) is 33.8 Å². The molecule has 0 radical (unpaired) electrons. The van der Waals surface area contributed by atoms with Crippen molar-refractivity contribution in [2.75, 3.05) is 31.1 Å². The van der Waals surface area contributed by atoms with Gasteiger partial charge >= 0.3 is 6.01 Å². The van der Waals surface area contributed by atoms with Crippen molar-refractivity contribution in [2.45, 2.75) is 57.5 Å². The van der Waals surface area contributed by atoms with Crippen molar-refractivity contribution in [3.63, 3.8) is 0 Å². The fourth-order valence-corrected chi connectivity index (χ4v) is 3.47. The van der Waals surface area contributed by atoms with Crippen LogP contribution in [0.15, 0.2) is 4.52 Å². The van der Waals surface area contributed by atoms with E-state index >= 15 is 0 Å². The maximum Gasteiger partial charge on any atom is 0.324 e. The molecule has 1 aromatic heterocycles. The van der Waals surface area contributed by atoms with Crippen molar-refractivity contribution in [2.24, 2.45) is 0 Å². The van der Waals surface area contributed by atoms with Gasteiger partial charge < -0.3 is 14.5 Å². The van der Waals surface area contributed by atoms with Gasteiger partial charge in [-0.2, -0.15) is 4.98 Å². The highest BCUT2D eigenvalue weighted by atomic mass is 16.5. The predicted molar refractivity (Wildman–Crippen MR) is 80.4 cm³/mol. The summed E-state index contributed by atoms with van der Waals surface area (Å²) in [6.45, 7) is 7.49. The Morgan fingerprint density at radius 1 is 1.24 bits per heavy atom. The highest BCUT2D eigenvalue weighted by molar-refractivity contribution is 5.30.